The first-order valence-corrected chi connectivity index (χ1v) is 7.77. The van der Waals surface area contributed by atoms with Gasteiger partial charge >= 0.3 is 5.63 Å². The lowest BCUT2D eigenvalue weighted by Gasteiger charge is -2.15. The molecule has 0 saturated heterocycles. The second kappa shape index (κ2) is 6.31. The highest BCUT2D eigenvalue weighted by atomic mass is 16.4. The first-order chi connectivity index (χ1) is 11.4. The third-order valence-corrected chi connectivity index (χ3v) is 4.02. The van der Waals surface area contributed by atoms with Crippen LogP contribution in [-0.4, -0.2) is 15.7 Å². The van der Waals surface area contributed by atoms with E-state index >= 15 is 0 Å². The van der Waals surface area contributed by atoms with Crippen molar-refractivity contribution in [2.75, 3.05) is 5.32 Å². The second-order valence-corrected chi connectivity index (χ2v) is 6.03. The van der Waals surface area contributed by atoms with E-state index in [1.54, 1.807) is 16.9 Å². The van der Waals surface area contributed by atoms with Crippen LogP contribution in [0.25, 0.3) is 11.0 Å². The fourth-order valence-corrected chi connectivity index (χ4v) is 2.63. The van der Waals surface area contributed by atoms with Crippen molar-refractivity contribution in [2.45, 2.75) is 27.3 Å². The summed E-state index contributed by atoms with van der Waals surface area (Å²) < 4.78 is 6.95. The number of carbonyl (C=O) groups excluding carboxylic acids is 1. The molecule has 0 spiro atoms. The van der Waals surface area contributed by atoms with Gasteiger partial charge in [-0.05, 0) is 43.2 Å². The van der Waals surface area contributed by atoms with Gasteiger partial charge in [0.1, 0.15) is 5.58 Å². The lowest BCUT2D eigenvalue weighted by Crippen LogP contribution is -2.25. The fourth-order valence-electron chi connectivity index (χ4n) is 2.63. The van der Waals surface area contributed by atoms with Gasteiger partial charge < -0.3 is 9.73 Å². The van der Waals surface area contributed by atoms with Gasteiger partial charge in [0.15, 0.2) is 0 Å². The van der Waals surface area contributed by atoms with Crippen molar-refractivity contribution in [2.24, 2.45) is 5.92 Å². The molecule has 0 radical (unpaired) electrons. The number of carbonyl (C=O) groups is 1. The zero-order valence-corrected chi connectivity index (χ0v) is 13.9. The highest BCUT2D eigenvalue weighted by molar-refractivity contribution is 5.96. The molecule has 1 unspecified atom stereocenters. The maximum absolute atomic E-state index is 12.4. The minimum Gasteiger partial charge on any atom is -0.423 e. The summed E-state index contributed by atoms with van der Waals surface area (Å²) >= 11 is 0. The minimum atomic E-state index is -0.371. The molecule has 0 aliphatic heterocycles. The Kier molecular flexibility index (Phi) is 4.20. The molecule has 0 bridgehead atoms. The van der Waals surface area contributed by atoms with Gasteiger partial charge in [-0.1, -0.05) is 6.92 Å². The number of fused-ring (bicyclic) bond motifs is 1. The lowest BCUT2D eigenvalue weighted by atomic mass is 10.1. The van der Waals surface area contributed by atoms with Gasteiger partial charge in [-0.3, -0.25) is 9.48 Å². The van der Waals surface area contributed by atoms with Gasteiger partial charge in [0, 0.05) is 29.5 Å². The molecule has 6 nitrogen and oxygen atoms in total. The molecule has 124 valence electrons. The zero-order valence-electron chi connectivity index (χ0n) is 13.9. The van der Waals surface area contributed by atoms with Crippen molar-refractivity contribution in [3.05, 3.63) is 58.2 Å². The smallest absolute Gasteiger partial charge is 0.336 e. The van der Waals surface area contributed by atoms with Gasteiger partial charge in [-0.2, -0.15) is 5.10 Å². The van der Waals surface area contributed by atoms with E-state index < -0.39 is 0 Å². The van der Waals surface area contributed by atoms with E-state index in [0.29, 0.717) is 12.1 Å². The summed E-state index contributed by atoms with van der Waals surface area (Å²) in [7, 11) is 0. The Morgan fingerprint density at radius 3 is 2.79 bits per heavy atom. The summed E-state index contributed by atoms with van der Waals surface area (Å²) in [5.74, 6) is -0.308. The molecule has 1 aromatic carbocycles. The largest absolute Gasteiger partial charge is 0.423 e. The van der Waals surface area contributed by atoms with Crippen LogP contribution in [0, 0.1) is 19.8 Å². The predicted molar refractivity (Wildman–Crippen MR) is 92.0 cm³/mol. The molecule has 0 aliphatic carbocycles. The maximum atomic E-state index is 12.4. The van der Waals surface area contributed by atoms with Gasteiger partial charge in [0.25, 0.3) is 0 Å². The average Bonchev–Trinajstić information content (AvgIpc) is 3.01. The molecular formula is C18H19N3O3. The second-order valence-electron chi connectivity index (χ2n) is 6.03. The molecular weight excluding hydrogens is 306 g/mol. The van der Waals surface area contributed by atoms with Gasteiger partial charge in [0.2, 0.25) is 5.91 Å². The number of aromatic nitrogens is 2. The van der Waals surface area contributed by atoms with Crippen LogP contribution in [0.15, 0.2) is 45.9 Å². The molecule has 3 rings (SSSR count). The number of nitrogens with one attached hydrogen (secondary N) is 1. The molecule has 0 saturated carbocycles. The standard InChI is InChI=1S/C18H19N3O3/c1-11-8-17(22)24-16-7-12(2)15(9-14(11)16)20-18(23)13(3)10-21-6-4-5-19-21/h4-9,13H,10H2,1-3H3,(H,20,23). The summed E-state index contributed by atoms with van der Waals surface area (Å²) in [6.07, 6.45) is 3.52. The highest BCUT2D eigenvalue weighted by Crippen LogP contribution is 2.25. The van der Waals surface area contributed by atoms with E-state index in [9.17, 15) is 9.59 Å². The fraction of sp³-hybridized carbons (Fsp3) is 0.278. The van der Waals surface area contributed by atoms with Crippen molar-refractivity contribution in [3.63, 3.8) is 0 Å². The summed E-state index contributed by atoms with van der Waals surface area (Å²) in [5, 5.41) is 7.89. The van der Waals surface area contributed by atoms with Crippen LogP contribution in [-0.2, 0) is 11.3 Å². The Labute approximate surface area is 139 Å². The molecule has 3 aromatic rings. The molecule has 0 fully saturated rings. The number of hydrogen-bond donors (Lipinski definition) is 1. The number of benzene rings is 1. The molecule has 1 atom stereocenters. The molecule has 1 N–H and O–H groups in total. The Bertz CT molecular complexity index is 942. The summed E-state index contributed by atoms with van der Waals surface area (Å²) in [6, 6.07) is 6.90. The van der Waals surface area contributed by atoms with E-state index in [0.717, 1.165) is 22.2 Å². The third kappa shape index (κ3) is 3.22. The molecule has 2 aromatic heterocycles. The topological polar surface area (TPSA) is 77.1 Å². The van der Waals surface area contributed by atoms with Crippen molar-refractivity contribution in [1.82, 2.24) is 9.78 Å². The van der Waals surface area contributed by atoms with E-state index in [2.05, 4.69) is 10.4 Å². The number of hydrogen-bond acceptors (Lipinski definition) is 4. The average molecular weight is 325 g/mol. The van der Waals surface area contributed by atoms with Gasteiger partial charge in [-0.25, -0.2) is 4.79 Å². The highest BCUT2D eigenvalue weighted by Gasteiger charge is 2.16. The van der Waals surface area contributed by atoms with Crippen LogP contribution in [0.4, 0.5) is 5.69 Å². The Balaban J connectivity index is 1.85. The molecule has 2 heterocycles. The minimum absolute atomic E-state index is 0.0806. The normalized spacial score (nSPS) is 12.3. The van der Waals surface area contributed by atoms with Crippen molar-refractivity contribution in [3.8, 4) is 0 Å². The van der Waals surface area contributed by atoms with E-state index in [4.69, 9.17) is 4.42 Å². The maximum Gasteiger partial charge on any atom is 0.336 e. The quantitative estimate of drug-likeness (QED) is 0.748. The third-order valence-electron chi connectivity index (χ3n) is 4.02. The first-order valence-electron chi connectivity index (χ1n) is 7.77. The Morgan fingerprint density at radius 2 is 2.08 bits per heavy atom. The van der Waals surface area contributed by atoms with Crippen LogP contribution in [0.1, 0.15) is 18.1 Å². The number of aryl methyl sites for hydroxylation is 2. The zero-order chi connectivity index (χ0) is 17.3. The van der Waals surface area contributed by atoms with Crippen molar-refractivity contribution >= 4 is 22.6 Å². The van der Waals surface area contributed by atoms with Crippen LogP contribution >= 0.6 is 0 Å². The molecule has 6 heteroatoms. The number of rotatable bonds is 4. The first kappa shape index (κ1) is 16.0. The monoisotopic (exact) mass is 325 g/mol. The van der Waals surface area contributed by atoms with Crippen LogP contribution in [0.5, 0.6) is 0 Å². The number of amides is 1. The summed E-state index contributed by atoms with van der Waals surface area (Å²) in [6.45, 7) is 6.09. The Hall–Kier alpha value is -2.89. The molecule has 0 aliphatic rings. The van der Waals surface area contributed by atoms with Crippen LogP contribution in [0.2, 0.25) is 0 Å². The summed E-state index contributed by atoms with van der Waals surface area (Å²) in [5.41, 5.74) is 2.54. The molecule has 24 heavy (non-hydrogen) atoms. The number of nitrogens with zero attached hydrogens (tertiary/aromatic N) is 2. The van der Waals surface area contributed by atoms with Crippen molar-refractivity contribution in [1.29, 1.82) is 0 Å². The summed E-state index contributed by atoms with van der Waals surface area (Å²) in [4.78, 5) is 23.9. The Morgan fingerprint density at radius 1 is 1.29 bits per heavy atom. The van der Waals surface area contributed by atoms with Crippen molar-refractivity contribution < 1.29 is 9.21 Å². The molecule has 1 amide bonds. The van der Waals surface area contributed by atoms with E-state index in [1.807, 2.05) is 39.1 Å². The van der Waals surface area contributed by atoms with E-state index in [-0.39, 0.29) is 17.5 Å². The van der Waals surface area contributed by atoms with E-state index in [1.165, 1.54) is 6.07 Å². The van der Waals surface area contributed by atoms with Gasteiger partial charge in [-0.15, -0.1) is 0 Å². The SMILES string of the molecule is Cc1cc2oc(=O)cc(C)c2cc1NC(=O)C(C)Cn1cccn1. The number of anilines is 1. The predicted octanol–water partition coefficient (Wildman–Crippen LogP) is 2.88. The van der Waals surface area contributed by atoms with Crippen LogP contribution in [0.3, 0.4) is 0 Å². The van der Waals surface area contributed by atoms with Gasteiger partial charge in [0.05, 0.1) is 12.5 Å². The van der Waals surface area contributed by atoms with Crippen LogP contribution < -0.4 is 10.9 Å². The lowest BCUT2D eigenvalue weighted by molar-refractivity contribution is -0.119.